The van der Waals surface area contributed by atoms with E-state index in [0.29, 0.717) is 12.8 Å². The van der Waals surface area contributed by atoms with Gasteiger partial charge in [-0.1, -0.05) is 25.2 Å². The van der Waals surface area contributed by atoms with Gasteiger partial charge in [-0.25, -0.2) is 8.42 Å². The monoisotopic (exact) mass is 378 g/mol. The molecule has 0 radical (unpaired) electrons. The molecule has 7 nitrogen and oxygen atoms in total. The maximum absolute atomic E-state index is 12.3. The van der Waals surface area contributed by atoms with Crippen molar-refractivity contribution < 1.29 is 23.1 Å². The first kappa shape index (κ1) is 19.9. The number of benzene rings is 1. The van der Waals surface area contributed by atoms with E-state index in [9.17, 15) is 23.1 Å². The number of carboxylic acid groups (broad SMARTS) is 1. The maximum Gasteiger partial charge on any atom is 0.311 e. The summed E-state index contributed by atoms with van der Waals surface area (Å²) in [7, 11) is -3.72. The van der Waals surface area contributed by atoms with Crippen LogP contribution in [-0.2, 0) is 14.8 Å². The number of terminal acetylenes is 1. The molecular formula is C18H22N2O5S. The molecule has 140 valence electrons. The topological polar surface area (TPSA) is 113 Å². The number of hydrogen-bond donors (Lipinski definition) is 3. The van der Waals surface area contributed by atoms with Crippen LogP contribution < -0.4 is 10.0 Å². The third-order valence-corrected chi connectivity index (χ3v) is 6.06. The van der Waals surface area contributed by atoms with Crippen LogP contribution in [0.5, 0.6) is 0 Å². The molecule has 1 aliphatic rings. The Kier molecular flexibility index (Phi) is 6.40. The first-order valence-corrected chi connectivity index (χ1v) is 9.84. The van der Waals surface area contributed by atoms with E-state index in [1.165, 1.54) is 24.3 Å². The largest absolute Gasteiger partial charge is 0.481 e. The third kappa shape index (κ3) is 4.62. The number of sulfonamides is 1. The van der Waals surface area contributed by atoms with Gasteiger partial charge in [0.05, 0.1) is 16.9 Å². The number of rotatable bonds is 7. The van der Waals surface area contributed by atoms with E-state index in [-0.39, 0.29) is 23.5 Å². The lowest BCUT2D eigenvalue weighted by molar-refractivity contribution is -0.150. The van der Waals surface area contributed by atoms with Crippen molar-refractivity contribution in [3.63, 3.8) is 0 Å². The predicted molar refractivity (Wildman–Crippen MR) is 96.0 cm³/mol. The summed E-state index contributed by atoms with van der Waals surface area (Å²) in [6, 6.07) is 5.38. The van der Waals surface area contributed by atoms with Crippen LogP contribution in [0.15, 0.2) is 29.2 Å². The fourth-order valence-electron chi connectivity index (χ4n) is 3.05. The average molecular weight is 378 g/mol. The van der Waals surface area contributed by atoms with E-state index in [4.69, 9.17) is 6.42 Å². The molecule has 3 N–H and O–H groups in total. The van der Waals surface area contributed by atoms with Gasteiger partial charge in [-0.2, -0.15) is 4.72 Å². The molecule has 0 bridgehead atoms. The summed E-state index contributed by atoms with van der Waals surface area (Å²) in [5, 5.41) is 12.2. The van der Waals surface area contributed by atoms with Gasteiger partial charge < -0.3 is 10.4 Å². The van der Waals surface area contributed by atoms with E-state index < -0.39 is 27.3 Å². The summed E-state index contributed by atoms with van der Waals surface area (Å²) in [5.41, 5.74) is -0.659. The lowest BCUT2D eigenvalue weighted by Gasteiger charge is -2.33. The summed E-state index contributed by atoms with van der Waals surface area (Å²) in [5.74, 6) is 0.857. The molecule has 1 amide bonds. The minimum Gasteiger partial charge on any atom is -0.481 e. The molecule has 0 aliphatic heterocycles. The quantitative estimate of drug-likeness (QED) is 0.620. The van der Waals surface area contributed by atoms with Gasteiger partial charge in [-0.05, 0) is 37.1 Å². The SMILES string of the molecule is C#CCNS(=O)(=O)c1ccc(C(=O)NCC2(C(=O)O)CCCCC2)cc1. The first-order valence-electron chi connectivity index (χ1n) is 8.35. The van der Waals surface area contributed by atoms with Crippen molar-refractivity contribution in [2.75, 3.05) is 13.1 Å². The Morgan fingerprint density at radius 1 is 1.15 bits per heavy atom. The zero-order valence-corrected chi connectivity index (χ0v) is 15.1. The van der Waals surface area contributed by atoms with E-state index >= 15 is 0 Å². The smallest absolute Gasteiger partial charge is 0.311 e. The summed E-state index contributed by atoms with van der Waals surface area (Å²) in [6.07, 6.45) is 8.79. The van der Waals surface area contributed by atoms with Crippen molar-refractivity contribution in [1.82, 2.24) is 10.0 Å². The van der Waals surface area contributed by atoms with Crippen molar-refractivity contribution in [2.24, 2.45) is 5.41 Å². The number of amides is 1. The van der Waals surface area contributed by atoms with Crippen molar-refractivity contribution in [2.45, 2.75) is 37.0 Å². The molecule has 0 heterocycles. The Balaban J connectivity index is 2.04. The summed E-state index contributed by atoms with van der Waals surface area (Å²) in [4.78, 5) is 23.9. The number of hydrogen-bond acceptors (Lipinski definition) is 4. The molecule has 2 rings (SSSR count). The van der Waals surface area contributed by atoms with Crippen molar-refractivity contribution in [1.29, 1.82) is 0 Å². The number of carbonyl (C=O) groups excluding carboxylic acids is 1. The standard InChI is InChI=1S/C18H22N2O5S/c1-2-12-20-26(24,25)15-8-6-14(7-9-15)16(21)19-13-18(17(22)23)10-4-3-5-11-18/h1,6-9,20H,3-5,10-13H2,(H,19,21)(H,22,23). The Hall–Kier alpha value is -2.37. The molecule has 1 fully saturated rings. The molecule has 1 aromatic carbocycles. The van der Waals surface area contributed by atoms with Gasteiger partial charge in [0.15, 0.2) is 0 Å². The van der Waals surface area contributed by atoms with Gasteiger partial charge in [0.1, 0.15) is 0 Å². The predicted octanol–water partition coefficient (Wildman–Crippen LogP) is 1.36. The minimum atomic E-state index is -3.72. The summed E-state index contributed by atoms with van der Waals surface area (Å²) in [6.45, 7) is -0.0627. The molecule has 8 heteroatoms. The molecule has 26 heavy (non-hydrogen) atoms. The number of aliphatic carboxylic acids is 1. The van der Waals surface area contributed by atoms with Gasteiger partial charge in [0, 0.05) is 12.1 Å². The van der Waals surface area contributed by atoms with Crippen LogP contribution in [0.3, 0.4) is 0 Å². The Bertz CT molecular complexity index is 803. The van der Waals surface area contributed by atoms with Crippen molar-refractivity contribution in [3.05, 3.63) is 29.8 Å². The fourth-order valence-corrected chi connectivity index (χ4v) is 3.99. The van der Waals surface area contributed by atoms with Gasteiger partial charge in [0.25, 0.3) is 5.91 Å². The van der Waals surface area contributed by atoms with Gasteiger partial charge in [0.2, 0.25) is 10.0 Å². The summed E-state index contributed by atoms with van der Waals surface area (Å²) >= 11 is 0. The van der Waals surface area contributed by atoms with Crippen LogP contribution in [0.4, 0.5) is 0 Å². The van der Waals surface area contributed by atoms with E-state index in [0.717, 1.165) is 19.3 Å². The second kappa shape index (κ2) is 8.34. The zero-order chi connectivity index (χ0) is 19.2. The Morgan fingerprint density at radius 2 is 1.77 bits per heavy atom. The maximum atomic E-state index is 12.3. The number of nitrogens with one attached hydrogen (secondary N) is 2. The Labute approximate surface area is 153 Å². The number of carbonyl (C=O) groups is 2. The minimum absolute atomic E-state index is 0.00131. The van der Waals surface area contributed by atoms with Crippen LogP contribution in [0.25, 0.3) is 0 Å². The highest BCUT2D eigenvalue weighted by atomic mass is 32.2. The van der Waals surface area contributed by atoms with Crippen molar-refractivity contribution in [3.8, 4) is 12.3 Å². The highest BCUT2D eigenvalue weighted by Crippen LogP contribution is 2.36. The third-order valence-electron chi connectivity index (χ3n) is 4.64. The molecule has 1 aromatic rings. The zero-order valence-electron chi connectivity index (χ0n) is 14.3. The fraction of sp³-hybridized carbons (Fsp3) is 0.444. The molecule has 0 atom stereocenters. The average Bonchev–Trinajstić information content (AvgIpc) is 2.65. The lowest BCUT2D eigenvalue weighted by atomic mass is 9.74. The highest BCUT2D eigenvalue weighted by Gasteiger charge is 2.39. The van der Waals surface area contributed by atoms with E-state index in [1.807, 2.05) is 0 Å². The van der Waals surface area contributed by atoms with Crippen LogP contribution in [0.2, 0.25) is 0 Å². The molecule has 1 saturated carbocycles. The summed E-state index contributed by atoms with van der Waals surface area (Å²) < 4.78 is 26.1. The molecule has 0 aromatic heterocycles. The van der Waals surface area contributed by atoms with Gasteiger partial charge in [-0.3, -0.25) is 9.59 Å². The highest BCUT2D eigenvalue weighted by molar-refractivity contribution is 7.89. The van der Waals surface area contributed by atoms with E-state index in [1.54, 1.807) is 0 Å². The second-order valence-electron chi connectivity index (χ2n) is 6.38. The van der Waals surface area contributed by atoms with E-state index in [2.05, 4.69) is 16.0 Å². The van der Waals surface area contributed by atoms with Gasteiger partial charge >= 0.3 is 5.97 Å². The molecule has 0 spiro atoms. The van der Waals surface area contributed by atoms with Crippen LogP contribution >= 0.6 is 0 Å². The first-order chi connectivity index (χ1) is 12.3. The molecule has 0 saturated heterocycles. The molecule has 1 aliphatic carbocycles. The van der Waals surface area contributed by atoms with Gasteiger partial charge in [-0.15, -0.1) is 6.42 Å². The molecule has 0 unspecified atom stereocenters. The lowest BCUT2D eigenvalue weighted by Crippen LogP contribution is -2.44. The van der Waals surface area contributed by atoms with Crippen LogP contribution in [0, 0.1) is 17.8 Å². The molecular weight excluding hydrogens is 356 g/mol. The van der Waals surface area contributed by atoms with Crippen LogP contribution in [0.1, 0.15) is 42.5 Å². The Morgan fingerprint density at radius 3 is 2.31 bits per heavy atom. The van der Waals surface area contributed by atoms with Crippen molar-refractivity contribution >= 4 is 21.9 Å². The normalized spacial score (nSPS) is 16.4. The number of carboxylic acids is 1. The van der Waals surface area contributed by atoms with Crippen LogP contribution in [-0.4, -0.2) is 38.5 Å². The second-order valence-corrected chi connectivity index (χ2v) is 8.15.